The summed E-state index contributed by atoms with van der Waals surface area (Å²) in [6, 6.07) is 1.69. The molecule has 0 spiro atoms. The van der Waals surface area contributed by atoms with E-state index in [1.54, 1.807) is 0 Å². The van der Waals surface area contributed by atoms with Crippen LogP contribution in [-0.2, 0) is 0 Å². The number of hydrogen-bond donors (Lipinski definition) is 0. The largest absolute Gasteiger partial charge is 0.300 e. The average molecular weight is 222 g/mol. The summed E-state index contributed by atoms with van der Waals surface area (Å²) in [6.45, 7) is 10.2. The van der Waals surface area contributed by atoms with Crippen LogP contribution < -0.4 is 0 Å². The van der Waals surface area contributed by atoms with E-state index in [0.29, 0.717) is 0 Å². The Bertz CT molecular complexity index is 251. The Balaban J connectivity index is 1.72. The van der Waals surface area contributed by atoms with E-state index in [1.807, 2.05) is 0 Å². The Labute approximate surface area is 100.0 Å². The number of piperidine rings is 3. The van der Waals surface area contributed by atoms with Gasteiger partial charge in [0.05, 0.1) is 0 Å². The van der Waals surface area contributed by atoms with Crippen molar-refractivity contribution in [2.75, 3.05) is 26.2 Å². The lowest BCUT2D eigenvalue weighted by atomic mass is 9.76. The monoisotopic (exact) mass is 222 g/mol. The van der Waals surface area contributed by atoms with Crippen molar-refractivity contribution < 1.29 is 0 Å². The van der Waals surface area contributed by atoms with E-state index in [1.165, 1.54) is 51.9 Å². The molecule has 0 aromatic rings. The van der Waals surface area contributed by atoms with Crippen molar-refractivity contribution in [2.45, 2.75) is 51.6 Å². The third-order valence-electron chi connectivity index (χ3n) is 5.03. The SMILES string of the molecule is CC(C)N1C[C@@H]2C[C@H](C1)[C@@H]1CCCCN1C2. The molecule has 3 rings (SSSR count). The van der Waals surface area contributed by atoms with Gasteiger partial charge in [0.2, 0.25) is 0 Å². The van der Waals surface area contributed by atoms with Crippen LogP contribution in [0.3, 0.4) is 0 Å². The summed E-state index contributed by atoms with van der Waals surface area (Å²) < 4.78 is 0. The third kappa shape index (κ3) is 1.91. The highest BCUT2D eigenvalue weighted by molar-refractivity contribution is 4.96. The second kappa shape index (κ2) is 4.30. The molecule has 0 N–H and O–H groups in total. The summed E-state index contributed by atoms with van der Waals surface area (Å²) in [4.78, 5) is 5.55. The van der Waals surface area contributed by atoms with Gasteiger partial charge in [-0.3, -0.25) is 4.90 Å². The van der Waals surface area contributed by atoms with Crippen molar-refractivity contribution in [1.29, 1.82) is 0 Å². The molecule has 0 unspecified atom stereocenters. The summed E-state index contributed by atoms with van der Waals surface area (Å²) in [6.07, 6.45) is 5.92. The van der Waals surface area contributed by atoms with E-state index in [0.717, 1.165) is 23.9 Å². The van der Waals surface area contributed by atoms with E-state index in [4.69, 9.17) is 0 Å². The smallest absolute Gasteiger partial charge is 0.0136 e. The fourth-order valence-electron chi connectivity index (χ4n) is 4.23. The van der Waals surface area contributed by atoms with Gasteiger partial charge >= 0.3 is 0 Å². The molecular formula is C14H26N2. The molecule has 3 fully saturated rings. The zero-order valence-electron chi connectivity index (χ0n) is 10.9. The van der Waals surface area contributed by atoms with Crippen LogP contribution in [0.2, 0.25) is 0 Å². The van der Waals surface area contributed by atoms with Crippen LogP contribution in [0.5, 0.6) is 0 Å². The van der Waals surface area contributed by atoms with Crippen molar-refractivity contribution in [1.82, 2.24) is 9.80 Å². The molecule has 3 aliphatic heterocycles. The molecule has 2 bridgehead atoms. The topological polar surface area (TPSA) is 6.48 Å². The van der Waals surface area contributed by atoms with Crippen LogP contribution in [0.1, 0.15) is 39.5 Å². The van der Waals surface area contributed by atoms with E-state index in [2.05, 4.69) is 23.6 Å². The third-order valence-corrected chi connectivity index (χ3v) is 5.03. The maximum Gasteiger partial charge on any atom is 0.0136 e. The standard InChI is InChI=1S/C14H26N2/c1-11(2)16-9-12-7-13(10-16)14-5-3-4-6-15(14)8-12/h11-14H,3-10H2,1-2H3/t12-,13-,14+/m1/s1. The normalized spacial score (nSPS) is 41.1. The van der Waals surface area contributed by atoms with Crippen LogP contribution >= 0.6 is 0 Å². The summed E-state index contributed by atoms with van der Waals surface area (Å²) in [7, 11) is 0. The van der Waals surface area contributed by atoms with Gasteiger partial charge in [0.1, 0.15) is 0 Å². The molecule has 3 aliphatic rings. The Morgan fingerprint density at radius 3 is 2.75 bits per heavy atom. The van der Waals surface area contributed by atoms with Crippen LogP contribution in [0.15, 0.2) is 0 Å². The molecule has 0 aliphatic carbocycles. The van der Waals surface area contributed by atoms with E-state index >= 15 is 0 Å². The zero-order chi connectivity index (χ0) is 11.1. The minimum absolute atomic E-state index is 0.750. The Kier molecular flexibility index (Phi) is 2.97. The van der Waals surface area contributed by atoms with Crippen LogP contribution in [0, 0.1) is 11.8 Å². The molecule has 3 saturated heterocycles. The fourth-order valence-corrected chi connectivity index (χ4v) is 4.23. The Morgan fingerprint density at radius 2 is 1.94 bits per heavy atom. The van der Waals surface area contributed by atoms with Gasteiger partial charge in [-0.25, -0.2) is 0 Å². The molecule has 3 heterocycles. The number of rotatable bonds is 1. The number of hydrogen-bond acceptors (Lipinski definition) is 2. The van der Waals surface area contributed by atoms with Crippen molar-refractivity contribution >= 4 is 0 Å². The summed E-state index contributed by atoms with van der Waals surface area (Å²) in [5.41, 5.74) is 0. The van der Waals surface area contributed by atoms with Crippen molar-refractivity contribution in [3.05, 3.63) is 0 Å². The molecule has 2 heteroatoms. The van der Waals surface area contributed by atoms with Crippen molar-refractivity contribution in [3.8, 4) is 0 Å². The van der Waals surface area contributed by atoms with Gasteiger partial charge in [0.25, 0.3) is 0 Å². The lowest BCUT2D eigenvalue weighted by molar-refractivity contribution is -0.0383. The van der Waals surface area contributed by atoms with Gasteiger partial charge in [0.15, 0.2) is 0 Å². The highest BCUT2D eigenvalue weighted by atomic mass is 15.2. The highest BCUT2D eigenvalue weighted by Crippen LogP contribution is 2.37. The first kappa shape index (κ1) is 11.0. The molecular weight excluding hydrogens is 196 g/mol. The zero-order valence-corrected chi connectivity index (χ0v) is 10.9. The molecule has 3 atom stereocenters. The second-order valence-corrected chi connectivity index (χ2v) is 6.47. The first-order chi connectivity index (χ1) is 7.74. The van der Waals surface area contributed by atoms with Gasteiger partial charge in [-0.15, -0.1) is 0 Å². The Hall–Kier alpha value is -0.0800. The van der Waals surface area contributed by atoms with E-state index in [9.17, 15) is 0 Å². The summed E-state index contributed by atoms with van der Waals surface area (Å²) in [5, 5.41) is 0. The lowest BCUT2D eigenvalue weighted by Crippen LogP contribution is -2.59. The first-order valence-corrected chi connectivity index (χ1v) is 7.22. The molecule has 0 aromatic heterocycles. The number of fused-ring (bicyclic) bond motifs is 4. The molecule has 0 saturated carbocycles. The first-order valence-electron chi connectivity index (χ1n) is 7.22. The number of likely N-dealkylation sites (tertiary alicyclic amines) is 1. The predicted molar refractivity (Wildman–Crippen MR) is 67.5 cm³/mol. The predicted octanol–water partition coefficient (Wildman–Crippen LogP) is 2.20. The van der Waals surface area contributed by atoms with E-state index < -0.39 is 0 Å². The van der Waals surface area contributed by atoms with Gasteiger partial charge in [-0.1, -0.05) is 6.42 Å². The van der Waals surface area contributed by atoms with E-state index in [-0.39, 0.29) is 0 Å². The molecule has 0 amide bonds. The van der Waals surface area contributed by atoms with Gasteiger partial charge < -0.3 is 4.90 Å². The van der Waals surface area contributed by atoms with Crippen LogP contribution in [0.25, 0.3) is 0 Å². The van der Waals surface area contributed by atoms with Crippen molar-refractivity contribution in [2.24, 2.45) is 11.8 Å². The molecule has 0 radical (unpaired) electrons. The van der Waals surface area contributed by atoms with Crippen molar-refractivity contribution in [3.63, 3.8) is 0 Å². The van der Waals surface area contributed by atoms with Crippen LogP contribution in [0.4, 0.5) is 0 Å². The minimum Gasteiger partial charge on any atom is -0.300 e. The van der Waals surface area contributed by atoms with Gasteiger partial charge in [0, 0.05) is 31.7 Å². The summed E-state index contributed by atoms with van der Waals surface area (Å²) >= 11 is 0. The maximum atomic E-state index is 2.82. The molecule has 2 nitrogen and oxygen atoms in total. The molecule has 16 heavy (non-hydrogen) atoms. The molecule has 0 aromatic carbocycles. The average Bonchev–Trinajstić information content (AvgIpc) is 2.28. The second-order valence-electron chi connectivity index (χ2n) is 6.47. The molecule has 92 valence electrons. The summed E-state index contributed by atoms with van der Waals surface area (Å²) in [5.74, 6) is 1.95. The van der Waals surface area contributed by atoms with Crippen LogP contribution in [-0.4, -0.2) is 48.1 Å². The van der Waals surface area contributed by atoms with Gasteiger partial charge in [-0.2, -0.15) is 0 Å². The highest BCUT2D eigenvalue weighted by Gasteiger charge is 2.41. The fraction of sp³-hybridized carbons (Fsp3) is 1.00. The quantitative estimate of drug-likeness (QED) is 0.671. The van der Waals surface area contributed by atoms with Gasteiger partial charge in [-0.05, 0) is 51.5 Å². The maximum absolute atomic E-state index is 2.82. The number of nitrogens with zero attached hydrogens (tertiary/aromatic N) is 2. The Morgan fingerprint density at radius 1 is 1.06 bits per heavy atom. The minimum atomic E-state index is 0.750. The lowest BCUT2D eigenvalue weighted by Gasteiger charge is -2.53.